The van der Waals surface area contributed by atoms with E-state index in [0.29, 0.717) is 16.7 Å². The number of rotatable bonds is 5. The highest BCUT2D eigenvalue weighted by molar-refractivity contribution is 7.80. The van der Waals surface area contributed by atoms with Crippen LogP contribution >= 0.6 is 23.8 Å². The van der Waals surface area contributed by atoms with Gasteiger partial charge < -0.3 is 10.6 Å². The molecule has 0 bridgehead atoms. The first-order chi connectivity index (χ1) is 11.0. The summed E-state index contributed by atoms with van der Waals surface area (Å²) in [5, 5.41) is 6.94. The lowest BCUT2D eigenvalue weighted by Crippen LogP contribution is -2.33. The van der Waals surface area contributed by atoms with E-state index in [1.807, 2.05) is 18.2 Å². The van der Waals surface area contributed by atoms with Gasteiger partial charge in [0.15, 0.2) is 5.11 Å². The van der Waals surface area contributed by atoms with Crippen LogP contribution in [0.1, 0.15) is 31.9 Å². The summed E-state index contributed by atoms with van der Waals surface area (Å²) >= 11 is 11.2. The van der Waals surface area contributed by atoms with E-state index in [4.69, 9.17) is 23.8 Å². The van der Waals surface area contributed by atoms with Crippen LogP contribution in [-0.2, 0) is 0 Å². The van der Waals surface area contributed by atoms with Gasteiger partial charge in [-0.25, -0.2) is 4.39 Å². The maximum atomic E-state index is 13.2. The average molecular weight is 351 g/mol. The van der Waals surface area contributed by atoms with E-state index in [-0.39, 0.29) is 11.1 Å². The Labute approximate surface area is 147 Å². The topological polar surface area (TPSA) is 24.1 Å². The summed E-state index contributed by atoms with van der Waals surface area (Å²) in [7, 11) is 0. The van der Waals surface area contributed by atoms with Gasteiger partial charge in [0.2, 0.25) is 0 Å². The third-order valence-corrected chi connectivity index (χ3v) is 3.90. The zero-order chi connectivity index (χ0) is 16.8. The van der Waals surface area contributed by atoms with Crippen molar-refractivity contribution < 1.29 is 4.39 Å². The summed E-state index contributed by atoms with van der Waals surface area (Å²) in [5.74, 6) is 0.0776. The number of anilines is 1. The summed E-state index contributed by atoms with van der Waals surface area (Å²) < 4.78 is 13.2. The van der Waals surface area contributed by atoms with Gasteiger partial charge in [-0.3, -0.25) is 0 Å². The monoisotopic (exact) mass is 350 g/mol. The molecule has 0 saturated heterocycles. The van der Waals surface area contributed by atoms with Gasteiger partial charge in [0.25, 0.3) is 0 Å². The third kappa shape index (κ3) is 5.48. The lowest BCUT2D eigenvalue weighted by Gasteiger charge is -2.23. The molecule has 5 heteroatoms. The molecule has 0 amide bonds. The van der Waals surface area contributed by atoms with Crippen molar-refractivity contribution >= 4 is 34.6 Å². The van der Waals surface area contributed by atoms with E-state index in [2.05, 4.69) is 36.6 Å². The zero-order valence-electron chi connectivity index (χ0n) is 13.1. The summed E-state index contributed by atoms with van der Waals surface area (Å²) in [4.78, 5) is 0. The van der Waals surface area contributed by atoms with Gasteiger partial charge in [0, 0.05) is 5.69 Å². The summed E-state index contributed by atoms with van der Waals surface area (Å²) in [5.41, 5.74) is 1.84. The number of hydrogen-bond donors (Lipinski definition) is 2. The fraction of sp³-hybridized carbons (Fsp3) is 0.278. The van der Waals surface area contributed by atoms with Gasteiger partial charge in [0.1, 0.15) is 5.82 Å². The van der Waals surface area contributed by atoms with Crippen LogP contribution < -0.4 is 10.6 Å². The first kappa shape index (κ1) is 17.7. The smallest absolute Gasteiger partial charge is 0.171 e. The van der Waals surface area contributed by atoms with Gasteiger partial charge in [0.05, 0.1) is 11.1 Å². The highest BCUT2D eigenvalue weighted by Gasteiger charge is 2.14. The van der Waals surface area contributed by atoms with Crippen LogP contribution in [0.4, 0.5) is 10.1 Å². The highest BCUT2D eigenvalue weighted by Crippen LogP contribution is 2.22. The Morgan fingerprint density at radius 3 is 2.48 bits per heavy atom. The van der Waals surface area contributed by atoms with Crippen LogP contribution in [0.3, 0.4) is 0 Å². The molecule has 0 aliphatic rings. The molecule has 0 fully saturated rings. The van der Waals surface area contributed by atoms with Gasteiger partial charge in [-0.05, 0) is 48.3 Å². The molecule has 1 atom stereocenters. The van der Waals surface area contributed by atoms with Crippen LogP contribution in [0.15, 0.2) is 48.5 Å². The molecule has 2 aromatic carbocycles. The van der Waals surface area contributed by atoms with Crippen molar-refractivity contribution in [2.75, 3.05) is 5.32 Å². The van der Waals surface area contributed by atoms with Crippen LogP contribution in [0, 0.1) is 11.7 Å². The maximum absolute atomic E-state index is 13.2. The van der Waals surface area contributed by atoms with Crippen molar-refractivity contribution in [1.29, 1.82) is 0 Å². The maximum Gasteiger partial charge on any atom is 0.171 e. The minimum Gasteiger partial charge on any atom is -0.356 e. The van der Waals surface area contributed by atoms with E-state index < -0.39 is 5.82 Å². The molecular formula is C18H20ClFN2S. The number of thiocarbonyl (C=S) groups is 1. The Morgan fingerprint density at radius 2 is 1.87 bits per heavy atom. The highest BCUT2D eigenvalue weighted by atomic mass is 35.5. The SMILES string of the molecule is CC(C)C[C@@H](NC(=S)Nc1ccc(F)c(Cl)c1)c1ccccc1. The van der Waals surface area contributed by atoms with Gasteiger partial charge in [-0.1, -0.05) is 55.8 Å². The largest absolute Gasteiger partial charge is 0.356 e. The molecule has 0 aliphatic heterocycles. The van der Waals surface area contributed by atoms with E-state index in [1.165, 1.54) is 17.7 Å². The first-order valence-corrected chi connectivity index (χ1v) is 8.32. The second kappa shape index (κ2) is 8.27. The molecule has 0 heterocycles. The molecule has 23 heavy (non-hydrogen) atoms. The van der Waals surface area contributed by atoms with Crippen LogP contribution in [0.25, 0.3) is 0 Å². The Morgan fingerprint density at radius 1 is 1.17 bits per heavy atom. The first-order valence-electron chi connectivity index (χ1n) is 7.53. The van der Waals surface area contributed by atoms with Gasteiger partial charge in [-0.2, -0.15) is 0 Å². The fourth-order valence-corrected chi connectivity index (χ4v) is 2.78. The zero-order valence-corrected chi connectivity index (χ0v) is 14.7. The Hall–Kier alpha value is -1.65. The molecule has 0 spiro atoms. The molecule has 0 radical (unpaired) electrons. The van der Waals surface area contributed by atoms with Crippen LogP contribution in [-0.4, -0.2) is 5.11 Å². The molecule has 122 valence electrons. The quantitative estimate of drug-likeness (QED) is 0.691. The van der Waals surface area contributed by atoms with Crippen LogP contribution in [0.2, 0.25) is 5.02 Å². The second-order valence-electron chi connectivity index (χ2n) is 5.82. The summed E-state index contributed by atoms with van der Waals surface area (Å²) in [6.45, 7) is 4.35. The molecule has 0 aromatic heterocycles. The van der Waals surface area contributed by atoms with E-state index in [9.17, 15) is 4.39 Å². The number of nitrogens with one attached hydrogen (secondary N) is 2. The number of hydrogen-bond acceptors (Lipinski definition) is 1. The van der Waals surface area contributed by atoms with Crippen LogP contribution in [0.5, 0.6) is 0 Å². The summed E-state index contributed by atoms with van der Waals surface area (Å²) in [6.07, 6.45) is 0.954. The van der Waals surface area contributed by atoms with E-state index in [1.54, 1.807) is 6.07 Å². The van der Waals surface area contributed by atoms with Crippen molar-refractivity contribution in [3.63, 3.8) is 0 Å². The standard InChI is InChI=1S/C18H20ClFN2S/c1-12(2)10-17(13-6-4-3-5-7-13)22-18(23)21-14-8-9-16(20)15(19)11-14/h3-9,11-12,17H,10H2,1-2H3,(H2,21,22,23)/t17-/m1/s1. The normalized spacial score (nSPS) is 12.0. The molecular weight excluding hydrogens is 331 g/mol. The van der Waals surface area contributed by atoms with Crippen molar-refractivity contribution in [2.45, 2.75) is 26.3 Å². The predicted molar refractivity (Wildman–Crippen MR) is 99.4 cm³/mol. The van der Waals surface area contributed by atoms with E-state index >= 15 is 0 Å². The third-order valence-electron chi connectivity index (χ3n) is 3.39. The minimum absolute atomic E-state index is 0.0691. The second-order valence-corrected chi connectivity index (χ2v) is 6.64. The van der Waals surface area contributed by atoms with Crippen molar-refractivity contribution in [1.82, 2.24) is 5.32 Å². The van der Waals surface area contributed by atoms with Crippen molar-refractivity contribution in [2.24, 2.45) is 5.92 Å². The molecule has 0 unspecified atom stereocenters. The minimum atomic E-state index is -0.446. The number of halogens is 2. The summed E-state index contributed by atoms with van der Waals surface area (Å²) in [6, 6.07) is 14.7. The predicted octanol–water partition coefficient (Wildman–Crippen LogP) is 5.55. The number of benzene rings is 2. The average Bonchev–Trinajstić information content (AvgIpc) is 2.51. The van der Waals surface area contributed by atoms with E-state index in [0.717, 1.165) is 6.42 Å². The Kier molecular flexibility index (Phi) is 6.37. The van der Waals surface area contributed by atoms with Crippen molar-refractivity contribution in [3.8, 4) is 0 Å². The Balaban J connectivity index is 2.06. The molecule has 0 saturated carbocycles. The molecule has 2 N–H and O–H groups in total. The lowest BCUT2D eigenvalue weighted by molar-refractivity contribution is 0.481. The van der Waals surface area contributed by atoms with Gasteiger partial charge in [-0.15, -0.1) is 0 Å². The molecule has 2 nitrogen and oxygen atoms in total. The lowest BCUT2D eigenvalue weighted by atomic mass is 9.97. The van der Waals surface area contributed by atoms with Gasteiger partial charge >= 0.3 is 0 Å². The van der Waals surface area contributed by atoms with Crippen molar-refractivity contribution in [3.05, 3.63) is 64.9 Å². The Bertz CT molecular complexity index is 661. The molecule has 2 rings (SSSR count). The fourth-order valence-electron chi connectivity index (χ4n) is 2.33. The molecule has 2 aromatic rings. The molecule has 0 aliphatic carbocycles.